The van der Waals surface area contributed by atoms with Crippen LogP contribution in [0.5, 0.6) is 11.5 Å². The van der Waals surface area contributed by atoms with Gasteiger partial charge in [-0.05, 0) is 54.4 Å². The molecule has 5 nitrogen and oxygen atoms in total. The highest BCUT2D eigenvalue weighted by atomic mass is 32.2. The van der Waals surface area contributed by atoms with Gasteiger partial charge in [0.25, 0.3) is 11.1 Å². The zero-order valence-electron chi connectivity index (χ0n) is 15.6. The van der Waals surface area contributed by atoms with Crippen molar-refractivity contribution in [1.29, 1.82) is 0 Å². The average Bonchev–Trinajstić information content (AvgIpc) is 2.99. The van der Waals surface area contributed by atoms with Crippen molar-refractivity contribution in [2.75, 3.05) is 6.61 Å². The highest BCUT2D eigenvalue weighted by molar-refractivity contribution is 8.18. The molecule has 0 unspecified atom stereocenters. The second kappa shape index (κ2) is 9.28. The minimum atomic E-state index is -0.386. The third-order valence-corrected chi connectivity index (χ3v) is 4.79. The first-order valence-electron chi connectivity index (χ1n) is 8.93. The Morgan fingerprint density at radius 3 is 2.57 bits per heavy atom. The predicted molar refractivity (Wildman–Crippen MR) is 111 cm³/mol. The van der Waals surface area contributed by atoms with Crippen LogP contribution < -0.4 is 14.8 Å². The van der Waals surface area contributed by atoms with E-state index in [1.54, 1.807) is 12.2 Å². The first-order valence-corrected chi connectivity index (χ1v) is 9.74. The molecule has 144 valence electrons. The lowest BCUT2D eigenvalue weighted by molar-refractivity contribution is -0.115. The molecule has 0 aromatic heterocycles. The summed E-state index contributed by atoms with van der Waals surface area (Å²) in [5.41, 5.74) is 2.72. The molecule has 2 aromatic rings. The van der Waals surface area contributed by atoms with Crippen LogP contribution >= 0.6 is 11.8 Å². The fourth-order valence-electron chi connectivity index (χ4n) is 2.80. The maximum atomic E-state index is 11.8. The van der Waals surface area contributed by atoms with Gasteiger partial charge in [0.15, 0.2) is 11.5 Å². The Morgan fingerprint density at radius 2 is 1.93 bits per heavy atom. The van der Waals surface area contributed by atoms with Gasteiger partial charge in [0.1, 0.15) is 6.61 Å². The fraction of sp³-hybridized carbons (Fsp3) is 0.182. The molecule has 0 atom stereocenters. The van der Waals surface area contributed by atoms with Gasteiger partial charge in [-0.1, -0.05) is 36.4 Å². The second-order valence-electron chi connectivity index (χ2n) is 6.06. The number of amides is 2. The Bertz CT molecular complexity index is 922. The smallest absolute Gasteiger partial charge is 0.290 e. The monoisotopic (exact) mass is 395 g/mol. The van der Waals surface area contributed by atoms with Crippen molar-refractivity contribution in [3.63, 3.8) is 0 Å². The van der Waals surface area contributed by atoms with E-state index in [9.17, 15) is 9.59 Å². The molecule has 1 aliphatic rings. The van der Waals surface area contributed by atoms with Crippen LogP contribution in [-0.4, -0.2) is 17.8 Å². The predicted octanol–water partition coefficient (Wildman–Crippen LogP) is 4.72. The first kappa shape index (κ1) is 19.8. The highest BCUT2D eigenvalue weighted by Gasteiger charge is 2.25. The van der Waals surface area contributed by atoms with Crippen LogP contribution in [0.1, 0.15) is 23.6 Å². The number of hydrogen-bond acceptors (Lipinski definition) is 5. The van der Waals surface area contributed by atoms with Gasteiger partial charge in [-0.15, -0.1) is 6.58 Å². The zero-order valence-corrected chi connectivity index (χ0v) is 16.4. The summed E-state index contributed by atoms with van der Waals surface area (Å²) >= 11 is 0.888. The molecule has 2 aromatic carbocycles. The summed E-state index contributed by atoms with van der Waals surface area (Å²) in [6.45, 7) is 6.61. The van der Waals surface area contributed by atoms with Gasteiger partial charge in [-0.25, -0.2) is 0 Å². The molecule has 6 heteroatoms. The lowest BCUT2D eigenvalue weighted by Gasteiger charge is -2.17. The quantitative estimate of drug-likeness (QED) is 0.518. The number of carbonyl (C=O) groups is 2. The number of allylic oxidation sites excluding steroid dienone is 1. The van der Waals surface area contributed by atoms with Crippen LogP contribution in [0, 0.1) is 0 Å². The van der Waals surface area contributed by atoms with Crippen molar-refractivity contribution in [1.82, 2.24) is 5.32 Å². The van der Waals surface area contributed by atoms with Crippen molar-refractivity contribution < 1.29 is 19.1 Å². The van der Waals surface area contributed by atoms with E-state index in [0.717, 1.165) is 28.5 Å². The molecule has 1 saturated heterocycles. The molecule has 0 saturated carbocycles. The summed E-state index contributed by atoms with van der Waals surface area (Å²) < 4.78 is 11.9. The number of ether oxygens (including phenoxy) is 2. The van der Waals surface area contributed by atoms with E-state index in [0.29, 0.717) is 36.0 Å². The second-order valence-corrected chi connectivity index (χ2v) is 7.07. The van der Waals surface area contributed by atoms with E-state index in [1.807, 2.05) is 49.4 Å². The largest absolute Gasteiger partial charge is 0.490 e. The molecule has 28 heavy (non-hydrogen) atoms. The van der Waals surface area contributed by atoms with Crippen LogP contribution in [0.2, 0.25) is 0 Å². The highest BCUT2D eigenvalue weighted by Crippen LogP contribution is 2.36. The number of thioether (sulfide) groups is 1. The minimum Gasteiger partial charge on any atom is -0.490 e. The maximum Gasteiger partial charge on any atom is 0.290 e. The molecule has 2 amide bonds. The van der Waals surface area contributed by atoms with Crippen molar-refractivity contribution in [2.24, 2.45) is 0 Å². The van der Waals surface area contributed by atoms with Gasteiger partial charge in [0, 0.05) is 5.56 Å². The molecule has 1 aliphatic heterocycles. The van der Waals surface area contributed by atoms with Gasteiger partial charge in [0.05, 0.1) is 11.5 Å². The van der Waals surface area contributed by atoms with Crippen molar-refractivity contribution >= 4 is 29.0 Å². The fourth-order valence-corrected chi connectivity index (χ4v) is 3.48. The Balaban J connectivity index is 1.95. The van der Waals surface area contributed by atoms with E-state index in [1.165, 1.54) is 0 Å². The summed E-state index contributed by atoms with van der Waals surface area (Å²) in [6.07, 6.45) is 4.05. The lowest BCUT2D eigenvalue weighted by atomic mass is 10.0. The van der Waals surface area contributed by atoms with Crippen LogP contribution in [0.25, 0.3) is 6.08 Å². The number of hydrogen-bond donors (Lipinski definition) is 1. The molecule has 1 heterocycles. The Labute approximate surface area is 168 Å². The number of imide groups is 1. The van der Waals surface area contributed by atoms with E-state index >= 15 is 0 Å². The molecular weight excluding hydrogens is 374 g/mol. The molecule has 0 aliphatic carbocycles. The third kappa shape index (κ3) is 4.84. The molecule has 1 N–H and O–H groups in total. The van der Waals surface area contributed by atoms with Crippen LogP contribution in [0.3, 0.4) is 0 Å². The molecular formula is C22H21NO4S. The van der Waals surface area contributed by atoms with E-state index in [4.69, 9.17) is 9.47 Å². The van der Waals surface area contributed by atoms with E-state index in [-0.39, 0.29) is 11.1 Å². The van der Waals surface area contributed by atoms with E-state index in [2.05, 4.69) is 11.9 Å². The number of carbonyl (C=O) groups excluding carboxylic acids is 2. The molecule has 1 fully saturated rings. The average molecular weight is 395 g/mol. The summed E-state index contributed by atoms with van der Waals surface area (Å²) in [5.74, 6) is 0.870. The van der Waals surface area contributed by atoms with Gasteiger partial charge in [-0.2, -0.15) is 0 Å². The Hall–Kier alpha value is -2.99. The number of rotatable bonds is 8. The standard InChI is InChI=1S/C22H21NO4S/c1-3-8-17-11-16(13-19-21(24)23-22(25)28-19)12-18(26-4-2)20(17)27-14-15-9-6-5-7-10-15/h3,5-7,9-13H,1,4,8,14H2,2H3,(H,23,24,25)/b19-13-. The molecule has 3 rings (SSSR count). The van der Waals surface area contributed by atoms with Gasteiger partial charge in [-0.3, -0.25) is 14.9 Å². The maximum absolute atomic E-state index is 11.8. The first-order chi connectivity index (χ1) is 13.6. The van der Waals surface area contributed by atoms with Crippen LogP contribution in [0.15, 0.2) is 60.0 Å². The Kier molecular flexibility index (Phi) is 6.55. The molecule has 0 radical (unpaired) electrons. The normalized spacial score (nSPS) is 14.8. The minimum absolute atomic E-state index is 0.356. The Morgan fingerprint density at radius 1 is 1.14 bits per heavy atom. The molecule has 0 spiro atoms. The lowest BCUT2D eigenvalue weighted by Crippen LogP contribution is -2.17. The summed E-state index contributed by atoms with van der Waals surface area (Å²) in [6, 6.07) is 13.6. The van der Waals surface area contributed by atoms with Crippen LogP contribution in [-0.2, 0) is 17.8 Å². The van der Waals surface area contributed by atoms with Crippen LogP contribution in [0.4, 0.5) is 4.79 Å². The van der Waals surface area contributed by atoms with Gasteiger partial charge < -0.3 is 9.47 Å². The van der Waals surface area contributed by atoms with Crippen molar-refractivity contribution in [2.45, 2.75) is 20.0 Å². The number of nitrogens with one attached hydrogen (secondary N) is 1. The van der Waals surface area contributed by atoms with E-state index < -0.39 is 0 Å². The zero-order chi connectivity index (χ0) is 19.9. The summed E-state index contributed by atoms with van der Waals surface area (Å²) in [4.78, 5) is 23.6. The third-order valence-electron chi connectivity index (χ3n) is 3.98. The van der Waals surface area contributed by atoms with Crippen molar-refractivity contribution in [3.05, 3.63) is 76.7 Å². The summed E-state index contributed by atoms with van der Waals surface area (Å²) in [7, 11) is 0. The van der Waals surface area contributed by atoms with Crippen molar-refractivity contribution in [3.8, 4) is 11.5 Å². The van der Waals surface area contributed by atoms with Gasteiger partial charge >= 0.3 is 0 Å². The molecule has 0 bridgehead atoms. The van der Waals surface area contributed by atoms with Gasteiger partial charge in [0.2, 0.25) is 0 Å². The SMILES string of the molecule is C=CCc1cc(/C=C2\SC(=O)NC2=O)cc(OCC)c1OCc1ccccc1. The number of benzene rings is 2. The summed E-state index contributed by atoms with van der Waals surface area (Å²) in [5, 5.41) is 1.90. The topological polar surface area (TPSA) is 64.6 Å².